The van der Waals surface area contributed by atoms with Gasteiger partial charge in [-0.3, -0.25) is 0 Å². The van der Waals surface area contributed by atoms with Crippen LogP contribution in [0, 0.1) is 0 Å². The third kappa shape index (κ3) is 3.76. The van der Waals surface area contributed by atoms with Crippen LogP contribution in [0.25, 0.3) is 10.6 Å². The van der Waals surface area contributed by atoms with Gasteiger partial charge in [0, 0.05) is 22.2 Å². The van der Waals surface area contributed by atoms with Crippen LogP contribution < -0.4 is 4.74 Å². The molecule has 0 bridgehead atoms. The SMILES string of the molecule is CCn1cnnc1SCc1csc(-c2cc(Br)ccc2OC)n1. The van der Waals surface area contributed by atoms with E-state index in [1.807, 2.05) is 22.8 Å². The molecule has 2 aromatic heterocycles. The van der Waals surface area contributed by atoms with Gasteiger partial charge in [-0.25, -0.2) is 4.98 Å². The maximum atomic E-state index is 5.43. The van der Waals surface area contributed by atoms with Crippen LogP contribution in [0.15, 0.2) is 39.5 Å². The number of hydrogen-bond acceptors (Lipinski definition) is 6. The van der Waals surface area contributed by atoms with Crippen LogP contribution in [0.5, 0.6) is 5.75 Å². The van der Waals surface area contributed by atoms with E-state index in [1.54, 1.807) is 36.5 Å². The summed E-state index contributed by atoms with van der Waals surface area (Å²) in [6.45, 7) is 2.95. The highest BCUT2D eigenvalue weighted by Gasteiger charge is 2.12. The van der Waals surface area contributed by atoms with Gasteiger partial charge in [-0.15, -0.1) is 21.5 Å². The number of thiazole rings is 1. The summed E-state index contributed by atoms with van der Waals surface area (Å²) < 4.78 is 8.46. The molecule has 0 unspecified atom stereocenters. The van der Waals surface area contributed by atoms with Gasteiger partial charge in [0.1, 0.15) is 17.1 Å². The lowest BCUT2D eigenvalue weighted by atomic mass is 10.2. The first-order chi connectivity index (χ1) is 11.2. The molecular formula is C15H15BrN4OS2. The number of methoxy groups -OCH3 is 1. The maximum Gasteiger partial charge on any atom is 0.191 e. The molecule has 0 fully saturated rings. The van der Waals surface area contributed by atoms with Gasteiger partial charge in [-0.05, 0) is 25.1 Å². The summed E-state index contributed by atoms with van der Waals surface area (Å²) in [5.41, 5.74) is 2.03. The van der Waals surface area contributed by atoms with Gasteiger partial charge < -0.3 is 9.30 Å². The Balaban J connectivity index is 1.77. The number of rotatable bonds is 6. The average molecular weight is 411 g/mol. The summed E-state index contributed by atoms with van der Waals surface area (Å²) in [6.07, 6.45) is 1.75. The molecule has 23 heavy (non-hydrogen) atoms. The number of thioether (sulfide) groups is 1. The Morgan fingerprint density at radius 1 is 1.39 bits per heavy atom. The molecule has 0 saturated heterocycles. The van der Waals surface area contributed by atoms with Crippen molar-refractivity contribution >= 4 is 39.0 Å². The maximum absolute atomic E-state index is 5.43. The third-order valence-electron chi connectivity index (χ3n) is 3.21. The van der Waals surface area contributed by atoms with Crippen LogP contribution in [-0.4, -0.2) is 26.9 Å². The third-order valence-corrected chi connectivity index (χ3v) is 5.65. The monoisotopic (exact) mass is 410 g/mol. The van der Waals surface area contributed by atoms with Gasteiger partial charge in [0.2, 0.25) is 0 Å². The normalized spacial score (nSPS) is 10.9. The molecule has 8 heteroatoms. The number of halogens is 1. The summed E-state index contributed by atoms with van der Waals surface area (Å²) in [7, 11) is 1.68. The predicted octanol–water partition coefficient (Wildman–Crippen LogP) is 4.48. The first kappa shape index (κ1) is 16.5. The number of ether oxygens (including phenoxy) is 1. The summed E-state index contributed by atoms with van der Waals surface area (Å²) in [5.74, 6) is 1.60. The first-order valence-corrected chi connectivity index (χ1v) is 9.66. The Morgan fingerprint density at radius 2 is 2.26 bits per heavy atom. The number of aryl methyl sites for hydroxylation is 1. The van der Waals surface area contributed by atoms with Gasteiger partial charge in [-0.1, -0.05) is 27.7 Å². The second-order valence-electron chi connectivity index (χ2n) is 4.68. The molecule has 0 saturated carbocycles. The van der Waals surface area contributed by atoms with Gasteiger partial charge in [0.05, 0.1) is 18.4 Å². The average Bonchev–Trinajstić information content (AvgIpc) is 3.21. The number of nitrogens with zero attached hydrogens (tertiary/aromatic N) is 4. The fourth-order valence-electron chi connectivity index (χ4n) is 2.06. The molecule has 0 spiro atoms. The molecule has 0 aliphatic rings. The van der Waals surface area contributed by atoms with Crippen molar-refractivity contribution in [2.75, 3.05) is 7.11 Å². The van der Waals surface area contributed by atoms with Crippen molar-refractivity contribution in [3.63, 3.8) is 0 Å². The van der Waals surface area contributed by atoms with Gasteiger partial charge >= 0.3 is 0 Å². The zero-order valence-electron chi connectivity index (χ0n) is 12.7. The summed E-state index contributed by atoms with van der Waals surface area (Å²) >= 11 is 6.77. The van der Waals surface area contributed by atoms with Crippen molar-refractivity contribution < 1.29 is 4.74 Å². The molecule has 0 aliphatic heterocycles. The number of benzene rings is 1. The van der Waals surface area contributed by atoms with Crippen LogP contribution in [0.4, 0.5) is 0 Å². The zero-order chi connectivity index (χ0) is 16.2. The van der Waals surface area contributed by atoms with Crippen LogP contribution in [-0.2, 0) is 12.3 Å². The number of aromatic nitrogens is 4. The van der Waals surface area contributed by atoms with E-state index in [0.717, 1.165) is 43.9 Å². The zero-order valence-corrected chi connectivity index (χ0v) is 15.9. The first-order valence-electron chi connectivity index (χ1n) is 7.00. The lowest BCUT2D eigenvalue weighted by molar-refractivity contribution is 0.416. The second-order valence-corrected chi connectivity index (χ2v) is 7.39. The van der Waals surface area contributed by atoms with Crippen molar-refractivity contribution in [3.8, 4) is 16.3 Å². The standard InChI is InChI=1S/C15H15BrN4OS2/c1-3-20-9-17-19-15(20)23-8-11-7-22-14(18-11)12-6-10(16)4-5-13(12)21-2/h4-7,9H,3,8H2,1-2H3. The van der Waals surface area contributed by atoms with Crippen molar-refractivity contribution in [2.24, 2.45) is 0 Å². The fourth-order valence-corrected chi connectivity index (χ4v) is 4.23. The molecule has 3 aromatic rings. The van der Waals surface area contributed by atoms with E-state index in [4.69, 9.17) is 9.72 Å². The lowest BCUT2D eigenvalue weighted by Crippen LogP contribution is -1.95. The predicted molar refractivity (Wildman–Crippen MR) is 97.1 cm³/mol. The Kier molecular flexibility index (Phi) is 5.34. The summed E-state index contributed by atoms with van der Waals surface area (Å²) in [6, 6.07) is 5.94. The Bertz CT molecular complexity index is 802. The lowest BCUT2D eigenvalue weighted by Gasteiger charge is -2.06. The van der Waals surface area contributed by atoms with Crippen molar-refractivity contribution in [1.29, 1.82) is 0 Å². The van der Waals surface area contributed by atoms with Crippen LogP contribution in [0.3, 0.4) is 0 Å². The minimum Gasteiger partial charge on any atom is -0.496 e. The van der Waals surface area contributed by atoms with Gasteiger partial charge in [-0.2, -0.15) is 0 Å². The van der Waals surface area contributed by atoms with Crippen LogP contribution >= 0.6 is 39.0 Å². The Hall–Kier alpha value is -1.38. The van der Waals surface area contributed by atoms with Gasteiger partial charge in [0.15, 0.2) is 5.16 Å². The molecule has 120 valence electrons. The summed E-state index contributed by atoms with van der Waals surface area (Å²) in [5, 5.41) is 12.0. The van der Waals surface area contributed by atoms with E-state index in [-0.39, 0.29) is 0 Å². The van der Waals surface area contributed by atoms with E-state index in [9.17, 15) is 0 Å². The molecule has 0 amide bonds. The van der Waals surface area contributed by atoms with E-state index in [2.05, 4.69) is 38.4 Å². The molecule has 5 nitrogen and oxygen atoms in total. The molecule has 0 atom stereocenters. The molecule has 3 rings (SSSR count). The highest BCUT2D eigenvalue weighted by molar-refractivity contribution is 9.10. The Labute approximate surface area is 151 Å². The quantitative estimate of drug-likeness (QED) is 0.560. The second kappa shape index (κ2) is 7.46. The molecular weight excluding hydrogens is 396 g/mol. The molecule has 1 aromatic carbocycles. The topological polar surface area (TPSA) is 52.8 Å². The van der Waals surface area contributed by atoms with Crippen LogP contribution in [0.1, 0.15) is 12.6 Å². The van der Waals surface area contributed by atoms with E-state index in [1.165, 1.54) is 0 Å². The van der Waals surface area contributed by atoms with E-state index < -0.39 is 0 Å². The highest BCUT2D eigenvalue weighted by Crippen LogP contribution is 2.35. The fraction of sp³-hybridized carbons (Fsp3) is 0.267. The van der Waals surface area contributed by atoms with E-state index in [0.29, 0.717) is 0 Å². The minimum absolute atomic E-state index is 0.769. The van der Waals surface area contributed by atoms with Crippen LogP contribution in [0.2, 0.25) is 0 Å². The minimum atomic E-state index is 0.769. The Morgan fingerprint density at radius 3 is 3.04 bits per heavy atom. The number of hydrogen-bond donors (Lipinski definition) is 0. The highest BCUT2D eigenvalue weighted by atomic mass is 79.9. The molecule has 0 N–H and O–H groups in total. The summed E-state index contributed by atoms with van der Waals surface area (Å²) in [4.78, 5) is 4.72. The van der Waals surface area contributed by atoms with E-state index >= 15 is 0 Å². The smallest absolute Gasteiger partial charge is 0.191 e. The van der Waals surface area contributed by atoms with Crippen molar-refractivity contribution in [3.05, 3.63) is 40.1 Å². The van der Waals surface area contributed by atoms with Crippen molar-refractivity contribution in [2.45, 2.75) is 24.4 Å². The van der Waals surface area contributed by atoms with Crippen molar-refractivity contribution in [1.82, 2.24) is 19.7 Å². The molecule has 2 heterocycles. The molecule has 0 radical (unpaired) electrons. The molecule has 0 aliphatic carbocycles. The largest absolute Gasteiger partial charge is 0.496 e. The van der Waals surface area contributed by atoms with Gasteiger partial charge in [0.25, 0.3) is 0 Å².